The first-order chi connectivity index (χ1) is 11.1. The first kappa shape index (κ1) is 17.3. The standard InChI is InChI=1S/C17H23N3O3/c1-3-20(11-17(21)22)15-7-14(8-15)19-10-12-4-5-16(23-2)13(6-12)9-18/h4-6,14-15,19H,3,7-8,10-11H2,1-2H3,(H,21,22). The molecule has 0 saturated heterocycles. The van der Waals surface area contributed by atoms with Gasteiger partial charge in [0, 0.05) is 18.6 Å². The highest BCUT2D eigenvalue weighted by molar-refractivity contribution is 5.69. The minimum atomic E-state index is -0.773. The number of carboxylic acids is 1. The summed E-state index contributed by atoms with van der Waals surface area (Å²) in [5.74, 6) is -0.183. The van der Waals surface area contributed by atoms with E-state index in [1.54, 1.807) is 7.11 Å². The van der Waals surface area contributed by atoms with Crippen LogP contribution in [0.4, 0.5) is 0 Å². The van der Waals surface area contributed by atoms with Gasteiger partial charge in [0.2, 0.25) is 0 Å². The first-order valence-corrected chi connectivity index (χ1v) is 7.83. The number of benzene rings is 1. The van der Waals surface area contributed by atoms with Crippen molar-refractivity contribution in [2.45, 2.75) is 38.4 Å². The lowest BCUT2D eigenvalue weighted by Crippen LogP contribution is -2.53. The fourth-order valence-electron chi connectivity index (χ4n) is 2.94. The number of nitrogens with zero attached hydrogens (tertiary/aromatic N) is 2. The van der Waals surface area contributed by atoms with Crippen molar-refractivity contribution >= 4 is 5.97 Å². The highest BCUT2D eigenvalue weighted by atomic mass is 16.5. The summed E-state index contributed by atoms with van der Waals surface area (Å²) in [7, 11) is 1.55. The second-order valence-corrected chi connectivity index (χ2v) is 5.81. The van der Waals surface area contributed by atoms with Crippen molar-refractivity contribution < 1.29 is 14.6 Å². The molecule has 0 amide bonds. The summed E-state index contributed by atoms with van der Waals surface area (Å²) in [6.07, 6.45) is 1.92. The zero-order valence-corrected chi connectivity index (χ0v) is 13.6. The number of aliphatic carboxylic acids is 1. The van der Waals surface area contributed by atoms with Crippen LogP contribution in [0.15, 0.2) is 18.2 Å². The van der Waals surface area contributed by atoms with E-state index in [4.69, 9.17) is 15.1 Å². The van der Waals surface area contributed by atoms with Crippen LogP contribution in [0.1, 0.15) is 30.9 Å². The van der Waals surface area contributed by atoms with Crippen LogP contribution in [0.2, 0.25) is 0 Å². The van der Waals surface area contributed by atoms with Gasteiger partial charge < -0.3 is 15.2 Å². The maximum absolute atomic E-state index is 10.8. The van der Waals surface area contributed by atoms with Gasteiger partial charge in [-0.1, -0.05) is 13.0 Å². The molecule has 0 bridgehead atoms. The van der Waals surface area contributed by atoms with Crippen molar-refractivity contribution in [3.8, 4) is 11.8 Å². The molecule has 124 valence electrons. The Labute approximate surface area is 136 Å². The molecule has 2 N–H and O–H groups in total. The largest absolute Gasteiger partial charge is 0.495 e. The monoisotopic (exact) mass is 317 g/mol. The van der Waals surface area contributed by atoms with E-state index >= 15 is 0 Å². The summed E-state index contributed by atoms with van der Waals surface area (Å²) in [6, 6.07) is 8.48. The summed E-state index contributed by atoms with van der Waals surface area (Å²) < 4.78 is 5.14. The second kappa shape index (κ2) is 7.95. The van der Waals surface area contributed by atoms with Gasteiger partial charge in [0.25, 0.3) is 0 Å². The number of carbonyl (C=O) groups is 1. The Morgan fingerprint density at radius 2 is 2.26 bits per heavy atom. The first-order valence-electron chi connectivity index (χ1n) is 7.83. The fraction of sp³-hybridized carbons (Fsp3) is 0.529. The molecule has 1 aromatic rings. The van der Waals surface area contributed by atoms with E-state index in [0.29, 0.717) is 29.9 Å². The molecule has 0 radical (unpaired) electrons. The third kappa shape index (κ3) is 4.44. The van der Waals surface area contributed by atoms with Gasteiger partial charge in [0.1, 0.15) is 11.8 Å². The number of ether oxygens (including phenoxy) is 1. The second-order valence-electron chi connectivity index (χ2n) is 5.81. The molecule has 2 rings (SSSR count). The van der Waals surface area contributed by atoms with Gasteiger partial charge in [-0.25, -0.2) is 0 Å². The van der Waals surface area contributed by atoms with Crippen molar-refractivity contribution in [2.24, 2.45) is 0 Å². The average Bonchev–Trinajstić information content (AvgIpc) is 2.51. The molecule has 23 heavy (non-hydrogen) atoms. The molecule has 1 aliphatic rings. The fourth-order valence-corrected chi connectivity index (χ4v) is 2.94. The summed E-state index contributed by atoms with van der Waals surface area (Å²) in [5, 5.41) is 21.5. The number of likely N-dealkylation sites (N-methyl/N-ethyl adjacent to an activating group) is 1. The van der Waals surface area contributed by atoms with Crippen LogP contribution < -0.4 is 10.1 Å². The molecule has 1 saturated carbocycles. The molecule has 0 heterocycles. The van der Waals surface area contributed by atoms with Crippen LogP contribution in [0, 0.1) is 11.3 Å². The van der Waals surface area contributed by atoms with Crippen LogP contribution in [0.5, 0.6) is 5.75 Å². The number of hydrogen-bond donors (Lipinski definition) is 2. The van der Waals surface area contributed by atoms with E-state index in [1.807, 2.05) is 30.0 Å². The van der Waals surface area contributed by atoms with Crippen molar-refractivity contribution in [1.82, 2.24) is 10.2 Å². The quantitative estimate of drug-likeness (QED) is 0.757. The normalized spacial score (nSPS) is 19.9. The van der Waals surface area contributed by atoms with E-state index < -0.39 is 5.97 Å². The Morgan fingerprint density at radius 3 is 2.83 bits per heavy atom. The zero-order valence-electron chi connectivity index (χ0n) is 13.6. The van der Waals surface area contributed by atoms with Crippen LogP contribution >= 0.6 is 0 Å². The summed E-state index contributed by atoms with van der Waals surface area (Å²) in [6.45, 7) is 3.55. The van der Waals surface area contributed by atoms with E-state index in [2.05, 4.69) is 11.4 Å². The number of rotatable bonds is 8. The van der Waals surface area contributed by atoms with E-state index in [1.165, 1.54) is 0 Å². The molecular formula is C17H23N3O3. The summed E-state index contributed by atoms with van der Waals surface area (Å²) in [5.41, 5.74) is 1.58. The topological polar surface area (TPSA) is 85.6 Å². The number of nitrogens with one attached hydrogen (secondary N) is 1. The smallest absolute Gasteiger partial charge is 0.317 e. The van der Waals surface area contributed by atoms with Crippen molar-refractivity contribution in [3.63, 3.8) is 0 Å². The molecule has 1 fully saturated rings. The molecule has 6 nitrogen and oxygen atoms in total. The molecule has 0 spiro atoms. The number of nitriles is 1. The Bertz CT molecular complexity index is 591. The van der Waals surface area contributed by atoms with Crippen molar-refractivity contribution in [3.05, 3.63) is 29.3 Å². The summed E-state index contributed by atoms with van der Waals surface area (Å²) in [4.78, 5) is 12.8. The summed E-state index contributed by atoms with van der Waals surface area (Å²) >= 11 is 0. The highest BCUT2D eigenvalue weighted by Crippen LogP contribution is 2.26. The Morgan fingerprint density at radius 1 is 1.52 bits per heavy atom. The zero-order chi connectivity index (χ0) is 16.8. The van der Waals surface area contributed by atoms with Crippen LogP contribution in [-0.4, -0.2) is 48.3 Å². The minimum absolute atomic E-state index is 0.109. The molecular weight excluding hydrogens is 294 g/mol. The molecule has 0 aliphatic heterocycles. The lowest BCUT2D eigenvalue weighted by molar-refractivity contribution is -0.139. The van der Waals surface area contributed by atoms with Gasteiger partial charge in [-0.05, 0) is 37.1 Å². The van der Waals surface area contributed by atoms with Gasteiger partial charge in [-0.15, -0.1) is 0 Å². The maximum atomic E-state index is 10.8. The maximum Gasteiger partial charge on any atom is 0.317 e. The van der Waals surface area contributed by atoms with E-state index in [0.717, 1.165) is 24.9 Å². The van der Waals surface area contributed by atoms with Gasteiger partial charge in [0.15, 0.2) is 0 Å². The lowest BCUT2D eigenvalue weighted by Gasteiger charge is -2.42. The Hall–Kier alpha value is -2.10. The van der Waals surface area contributed by atoms with Gasteiger partial charge >= 0.3 is 5.97 Å². The third-order valence-corrected chi connectivity index (χ3v) is 4.35. The predicted molar refractivity (Wildman–Crippen MR) is 86.2 cm³/mol. The number of carboxylic acid groups (broad SMARTS) is 1. The average molecular weight is 317 g/mol. The highest BCUT2D eigenvalue weighted by Gasteiger charge is 2.33. The molecule has 0 unspecified atom stereocenters. The van der Waals surface area contributed by atoms with Crippen LogP contribution in [-0.2, 0) is 11.3 Å². The minimum Gasteiger partial charge on any atom is -0.495 e. The van der Waals surface area contributed by atoms with Crippen molar-refractivity contribution in [2.75, 3.05) is 20.2 Å². The molecule has 6 heteroatoms. The number of hydrogen-bond acceptors (Lipinski definition) is 5. The molecule has 0 atom stereocenters. The van der Waals surface area contributed by atoms with Gasteiger partial charge in [-0.3, -0.25) is 9.69 Å². The predicted octanol–water partition coefficient (Wildman–Crippen LogP) is 1.59. The molecule has 1 aliphatic carbocycles. The number of methoxy groups -OCH3 is 1. The third-order valence-electron chi connectivity index (χ3n) is 4.35. The van der Waals surface area contributed by atoms with Crippen LogP contribution in [0.25, 0.3) is 0 Å². The van der Waals surface area contributed by atoms with Crippen molar-refractivity contribution in [1.29, 1.82) is 5.26 Å². The van der Waals surface area contributed by atoms with E-state index in [-0.39, 0.29) is 6.54 Å². The van der Waals surface area contributed by atoms with Crippen LogP contribution in [0.3, 0.4) is 0 Å². The molecule has 0 aromatic heterocycles. The van der Waals surface area contributed by atoms with Gasteiger partial charge in [-0.2, -0.15) is 5.26 Å². The van der Waals surface area contributed by atoms with Gasteiger partial charge in [0.05, 0.1) is 19.2 Å². The molecule has 1 aromatic carbocycles. The Balaban J connectivity index is 1.81. The Kier molecular flexibility index (Phi) is 5.97. The lowest BCUT2D eigenvalue weighted by atomic mass is 9.85. The van der Waals surface area contributed by atoms with E-state index in [9.17, 15) is 4.79 Å². The SMILES string of the molecule is CCN(CC(=O)O)C1CC(NCc2ccc(OC)c(C#N)c2)C1.